The first-order valence-corrected chi connectivity index (χ1v) is 13.0. The molecule has 1 unspecified atom stereocenters. The van der Waals surface area contributed by atoms with Gasteiger partial charge in [-0.1, -0.05) is 43.5 Å². The van der Waals surface area contributed by atoms with Crippen molar-refractivity contribution in [3.63, 3.8) is 0 Å². The van der Waals surface area contributed by atoms with Crippen LogP contribution in [0, 0.1) is 5.92 Å². The maximum Gasteiger partial charge on any atom is 0.145 e. The third-order valence-electron chi connectivity index (χ3n) is 7.25. The van der Waals surface area contributed by atoms with E-state index in [1.54, 1.807) is 0 Å². The van der Waals surface area contributed by atoms with Crippen LogP contribution in [0.2, 0.25) is 0 Å². The molecule has 166 valence electrons. The van der Waals surface area contributed by atoms with Crippen LogP contribution in [0.3, 0.4) is 0 Å². The first-order valence-electron chi connectivity index (χ1n) is 12.1. The fourth-order valence-corrected chi connectivity index (χ4v) is 6.16. The summed E-state index contributed by atoms with van der Waals surface area (Å²) in [6.45, 7) is 2.97. The average Bonchev–Trinajstić information content (AvgIpc) is 3.34. The van der Waals surface area contributed by atoms with E-state index < -0.39 is 0 Å². The molecule has 3 nitrogen and oxygen atoms in total. The monoisotopic (exact) mass is 444 g/mol. The molecule has 1 aliphatic carbocycles. The van der Waals surface area contributed by atoms with Gasteiger partial charge in [-0.25, -0.2) is 0 Å². The molecule has 2 aliphatic rings. The van der Waals surface area contributed by atoms with Gasteiger partial charge in [0, 0.05) is 29.9 Å². The van der Waals surface area contributed by atoms with Crippen molar-refractivity contribution in [1.82, 2.24) is 9.88 Å². The first kappa shape index (κ1) is 21.5. The van der Waals surface area contributed by atoms with Gasteiger partial charge in [-0.05, 0) is 78.4 Å². The lowest BCUT2D eigenvalue weighted by atomic mass is 9.79. The van der Waals surface area contributed by atoms with Crippen LogP contribution < -0.4 is 0 Å². The summed E-state index contributed by atoms with van der Waals surface area (Å²) in [5.74, 6) is 0.600. The summed E-state index contributed by atoms with van der Waals surface area (Å²) < 4.78 is 1.37. The first-order chi connectivity index (χ1) is 15.8. The fourth-order valence-electron chi connectivity index (χ4n) is 5.33. The molecule has 1 aromatic carbocycles. The smallest absolute Gasteiger partial charge is 0.145 e. The van der Waals surface area contributed by atoms with Crippen LogP contribution in [0.4, 0.5) is 0 Å². The number of Topliss-reactive ketones (excluding diaryl/α,β-unsaturated/α-hetero) is 1. The number of fused-ring (bicyclic) bond motifs is 1. The Morgan fingerprint density at radius 2 is 2.03 bits per heavy atom. The topological polar surface area (TPSA) is 33.2 Å². The Morgan fingerprint density at radius 1 is 1.12 bits per heavy atom. The van der Waals surface area contributed by atoms with Crippen LogP contribution in [0.25, 0.3) is 15.7 Å². The second kappa shape index (κ2) is 10.1. The Labute approximate surface area is 195 Å². The van der Waals surface area contributed by atoms with E-state index in [1.807, 2.05) is 35.7 Å². The van der Waals surface area contributed by atoms with E-state index in [0.29, 0.717) is 5.78 Å². The van der Waals surface area contributed by atoms with Gasteiger partial charge in [-0.15, -0.1) is 11.3 Å². The molecule has 0 radical (unpaired) electrons. The number of hydrogen-bond acceptors (Lipinski definition) is 4. The van der Waals surface area contributed by atoms with Crippen molar-refractivity contribution < 1.29 is 4.79 Å². The zero-order valence-electron chi connectivity index (χ0n) is 18.7. The molecule has 3 aromatic rings. The van der Waals surface area contributed by atoms with Crippen molar-refractivity contribution in [2.24, 2.45) is 5.92 Å². The maximum atomic E-state index is 13.4. The lowest BCUT2D eigenvalue weighted by Gasteiger charge is -2.29. The third-order valence-corrected chi connectivity index (χ3v) is 8.13. The van der Waals surface area contributed by atoms with Crippen LogP contribution in [0.1, 0.15) is 62.1 Å². The summed E-state index contributed by atoms with van der Waals surface area (Å²) in [7, 11) is 0. The molecule has 0 bridgehead atoms. The van der Waals surface area contributed by atoms with Gasteiger partial charge in [0.05, 0.1) is 11.6 Å². The molecular formula is C28H32N2OS. The Balaban J connectivity index is 1.24. The molecular weight excluding hydrogens is 412 g/mol. The van der Waals surface area contributed by atoms with Crippen LogP contribution in [-0.4, -0.2) is 35.3 Å². The predicted octanol–water partition coefficient (Wildman–Crippen LogP) is 6.71. The summed E-state index contributed by atoms with van der Waals surface area (Å²) >= 11 is 1.81. The van der Waals surface area contributed by atoms with E-state index in [2.05, 4.69) is 45.6 Å². The van der Waals surface area contributed by atoms with Gasteiger partial charge in [0.1, 0.15) is 5.78 Å². The van der Waals surface area contributed by atoms with Gasteiger partial charge in [0.25, 0.3) is 0 Å². The summed E-state index contributed by atoms with van der Waals surface area (Å²) in [5.41, 5.74) is 3.77. The number of aromatic nitrogens is 1. The fraction of sp³-hybridized carbons (Fsp3) is 0.429. The molecule has 0 saturated heterocycles. The predicted molar refractivity (Wildman–Crippen MR) is 134 cm³/mol. The van der Waals surface area contributed by atoms with Crippen molar-refractivity contribution in [2.45, 2.75) is 50.9 Å². The molecule has 0 spiro atoms. The zero-order chi connectivity index (χ0) is 21.8. The third kappa shape index (κ3) is 4.87. The summed E-state index contributed by atoms with van der Waals surface area (Å²) in [4.78, 5) is 20.5. The molecule has 0 N–H and O–H groups in total. The van der Waals surface area contributed by atoms with Gasteiger partial charge in [0.2, 0.25) is 0 Å². The number of benzene rings is 1. The number of thiophene rings is 1. The normalized spacial score (nSPS) is 19.1. The van der Waals surface area contributed by atoms with Crippen molar-refractivity contribution in [2.75, 3.05) is 19.6 Å². The van der Waals surface area contributed by atoms with Gasteiger partial charge in [-0.3, -0.25) is 14.7 Å². The Kier molecular flexibility index (Phi) is 6.80. The van der Waals surface area contributed by atoms with Crippen molar-refractivity contribution in [3.05, 3.63) is 71.4 Å². The minimum absolute atomic E-state index is 0.0640. The summed E-state index contributed by atoms with van der Waals surface area (Å²) in [6, 6.07) is 15.0. The molecule has 1 saturated carbocycles. The zero-order valence-corrected chi connectivity index (χ0v) is 19.5. The second-order valence-electron chi connectivity index (χ2n) is 9.29. The van der Waals surface area contributed by atoms with Gasteiger partial charge in [-0.2, -0.15) is 0 Å². The Bertz CT molecular complexity index is 1080. The largest absolute Gasteiger partial charge is 0.299 e. The number of hydrogen-bond donors (Lipinski definition) is 0. The molecule has 1 atom stereocenters. The van der Waals surface area contributed by atoms with Crippen LogP contribution >= 0.6 is 11.3 Å². The highest BCUT2D eigenvalue weighted by atomic mass is 32.1. The molecule has 3 heterocycles. The summed E-state index contributed by atoms with van der Waals surface area (Å²) in [5, 5.41) is 3.50. The van der Waals surface area contributed by atoms with Crippen molar-refractivity contribution in [3.8, 4) is 0 Å². The van der Waals surface area contributed by atoms with E-state index in [4.69, 9.17) is 0 Å². The standard InChI is InChI=1S/C28H32N2OS/c31-28(23-6-2-1-3-7-23)25(26-8-4-5-15-29-26)13-18-30-16-11-21(12-17-30)24-10-9-22-14-19-32-27(22)20-24/h4-5,8-11,14-15,19-20,23,25H,1-3,6-7,12-13,16-18H2. The SMILES string of the molecule is O=C(C1CCCCC1)C(CCN1CC=C(c2ccc3ccsc3c2)CC1)c1ccccn1. The number of rotatable bonds is 7. The molecule has 1 fully saturated rings. The van der Waals surface area contributed by atoms with Crippen molar-refractivity contribution in [1.29, 1.82) is 0 Å². The molecule has 1 aliphatic heterocycles. The molecule has 5 rings (SSSR count). The van der Waals surface area contributed by atoms with Crippen LogP contribution in [0.15, 0.2) is 60.1 Å². The molecule has 32 heavy (non-hydrogen) atoms. The number of nitrogens with zero attached hydrogens (tertiary/aromatic N) is 2. The van der Waals surface area contributed by atoms with Gasteiger partial charge in [0.15, 0.2) is 0 Å². The Hall–Kier alpha value is -2.30. The van der Waals surface area contributed by atoms with E-state index >= 15 is 0 Å². The molecule has 2 aromatic heterocycles. The highest BCUT2D eigenvalue weighted by Gasteiger charge is 2.30. The number of carbonyl (C=O) groups excluding carboxylic acids is 1. The van der Waals surface area contributed by atoms with E-state index in [0.717, 1.165) is 51.0 Å². The lowest BCUT2D eigenvalue weighted by Crippen LogP contribution is -2.33. The summed E-state index contributed by atoms with van der Waals surface area (Å²) in [6.07, 6.45) is 12.0. The maximum absolute atomic E-state index is 13.4. The van der Waals surface area contributed by atoms with Gasteiger partial charge < -0.3 is 0 Å². The Morgan fingerprint density at radius 3 is 2.81 bits per heavy atom. The number of ketones is 1. The highest BCUT2D eigenvalue weighted by Crippen LogP contribution is 2.32. The molecule has 0 amide bonds. The van der Waals surface area contributed by atoms with Crippen molar-refractivity contribution >= 4 is 32.8 Å². The second-order valence-corrected chi connectivity index (χ2v) is 10.2. The van der Waals surface area contributed by atoms with E-state index in [-0.39, 0.29) is 11.8 Å². The minimum Gasteiger partial charge on any atom is -0.299 e. The number of pyridine rings is 1. The number of carbonyl (C=O) groups is 1. The molecule has 4 heteroatoms. The van der Waals surface area contributed by atoms with E-state index in [9.17, 15) is 4.79 Å². The lowest BCUT2D eigenvalue weighted by molar-refractivity contribution is -0.125. The van der Waals surface area contributed by atoms with Crippen LogP contribution in [0.5, 0.6) is 0 Å². The highest BCUT2D eigenvalue weighted by molar-refractivity contribution is 7.17. The van der Waals surface area contributed by atoms with E-state index in [1.165, 1.54) is 40.5 Å². The average molecular weight is 445 g/mol. The quantitative estimate of drug-likeness (QED) is 0.406. The van der Waals surface area contributed by atoms with Crippen LogP contribution in [-0.2, 0) is 4.79 Å². The van der Waals surface area contributed by atoms with Gasteiger partial charge >= 0.3 is 0 Å². The minimum atomic E-state index is -0.0640.